The number of carbonyl (C=O) groups excluding carboxylic acids is 2. The maximum atomic E-state index is 12.2. The van der Waals surface area contributed by atoms with E-state index in [9.17, 15) is 28.8 Å². The molecule has 0 saturated heterocycles. The molecule has 0 radical (unpaired) electrons. The van der Waals surface area contributed by atoms with Crippen molar-refractivity contribution in [2.75, 3.05) is 0 Å². The fraction of sp³-hybridized carbons (Fsp3) is 0.250. The largest absolute Gasteiger partial charge is 0.481 e. The minimum absolute atomic E-state index is 0.524. The van der Waals surface area contributed by atoms with Crippen LogP contribution in [0.5, 0.6) is 0 Å². The van der Waals surface area contributed by atoms with E-state index in [2.05, 4.69) is 9.47 Å². The highest BCUT2D eigenvalue weighted by Gasteiger charge is 2.30. The average Bonchev–Trinajstić information content (AvgIpc) is 2.59. The van der Waals surface area contributed by atoms with E-state index in [0.29, 0.717) is 0 Å². The van der Waals surface area contributed by atoms with Gasteiger partial charge in [-0.2, -0.15) is 0 Å². The summed E-state index contributed by atoms with van der Waals surface area (Å²) < 4.78 is 9.16. The lowest BCUT2D eigenvalue weighted by atomic mass is 10.1. The Labute approximate surface area is 155 Å². The minimum Gasteiger partial charge on any atom is -0.481 e. The van der Waals surface area contributed by atoms with Crippen molar-refractivity contribution in [1.82, 2.24) is 0 Å². The molecule has 150 valence electrons. The van der Waals surface area contributed by atoms with Crippen molar-refractivity contribution in [2.24, 2.45) is 0 Å². The summed E-state index contributed by atoms with van der Waals surface area (Å²) in [4.78, 5) is 67.6. The van der Waals surface area contributed by atoms with Crippen LogP contribution >= 0.6 is 0 Å². The molecule has 0 spiro atoms. The third kappa shape index (κ3) is 6.40. The van der Waals surface area contributed by atoms with E-state index in [1.165, 1.54) is 12.1 Å². The molecule has 4 N–H and O–H groups in total. The van der Waals surface area contributed by atoms with Gasteiger partial charge in [0, 0.05) is 0 Å². The van der Waals surface area contributed by atoms with Gasteiger partial charge in [-0.3, -0.25) is 9.59 Å². The molecule has 1 aromatic rings. The zero-order valence-corrected chi connectivity index (χ0v) is 13.9. The molecule has 2 unspecified atom stereocenters. The van der Waals surface area contributed by atoms with Crippen LogP contribution in [0.15, 0.2) is 24.3 Å². The lowest BCUT2D eigenvalue weighted by Crippen LogP contribution is -2.31. The van der Waals surface area contributed by atoms with Crippen molar-refractivity contribution >= 4 is 35.8 Å². The first kappa shape index (κ1) is 22.1. The molecule has 12 heteroatoms. The van der Waals surface area contributed by atoms with Gasteiger partial charge in [0.1, 0.15) is 0 Å². The molecule has 12 nitrogen and oxygen atoms in total. The fourth-order valence-corrected chi connectivity index (χ4v) is 1.90. The van der Waals surface area contributed by atoms with Gasteiger partial charge in [-0.05, 0) is 12.1 Å². The van der Waals surface area contributed by atoms with E-state index in [1.807, 2.05) is 0 Å². The second-order valence-electron chi connectivity index (χ2n) is 5.21. The molecule has 28 heavy (non-hydrogen) atoms. The molecule has 0 aliphatic carbocycles. The second-order valence-corrected chi connectivity index (χ2v) is 5.21. The molecular formula is C16H14O12. The Morgan fingerprint density at radius 2 is 1.00 bits per heavy atom. The van der Waals surface area contributed by atoms with Crippen LogP contribution in [-0.2, 0) is 28.7 Å². The quantitative estimate of drug-likeness (QED) is 0.380. The molecule has 0 saturated carbocycles. The Hall–Kier alpha value is -3.96. The first-order valence-electron chi connectivity index (χ1n) is 7.43. The van der Waals surface area contributed by atoms with Crippen LogP contribution in [0, 0.1) is 0 Å². The predicted octanol–water partition coefficient (Wildman–Crippen LogP) is -0.144. The van der Waals surface area contributed by atoms with Crippen molar-refractivity contribution < 1.29 is 58.7 Å². The number of hydrogen-bond acceptors (Lipinski definition) is 8. The van der Waals surface area contributed by atoms with Crippen LogP contribution in [0.2, 0.25) is 0 Å². The molecule has 0 heterocycles. The summed E-state index contributed by atoms with van der Waals surface area (Å²) in [5.41, 5.74) is -1.05. The van der Waals surface area contributed by atoms with Crippen LogP contribution in [0.3, 0.4) is 0 Å². The van der Waals surface area contributed by atoms with E-state index in [0.717, 1.165) is 12.1 Å². The number of benzene rings is 1. The maximum absolute atomic E-state index is 12.2. The summed E-state index contributed by atoms with van der Waals surface area (Å²) in [5.74, 6) is -9.30. The summed E-state index contributed by atoms with van der Waals surface area (Å²) in [5, 5.41) is 35.1. The molecular weight excluding hydrogens is 384 g/mol. The average molecular weight is 398 g/mol. The molecule has 0 aliphatic heterocycles. The number of ether oxygens (including phenoxy) is 2. The number of esters is 2. The molecule has 0 bridgehead atoms. The summed E-state index contributed by atoms with van der Waals surface area (Å²) in [7, 11) is 0. The summed E-state index contributed by atoms with van der Waals surface area (Å²) in [6, 6.07) is 4.61. The number of rotatable bonds is 10. The minimum atomic E-state index is -2.03. The van der Waals surface area contributed by atoms with Crippen LogP contribution < -0.4 is 0 Å². The van der Waals surface area contributed by atoms with Gasteiger partial charge in [-0.1, -0.05) is 12.1 Å². The van der Waals surface area contributed by atoms with Gasteiger partial charge in [-0.15, -0.1) is 0 Å². The van der Waals surface area contributed by atoms with Crippen molar-refractivity contribution in [3.05, 3.63) is 35.4 Å². The summed E-state index contributed by atoms with van der Waals surface area (Å²) in [6.07, 6.45) is -6.14. The van der Waals surface area contributed by atoms with Gasteiger partial charge in [0.2, 0.25) is 12.2 Å². The lowest BCUT2D eigenvalue weighted by molar-refractivity contribution is -0.153. The first-order valence-corrected chi connectivity index (χ1v) is 7.43. The van der Waals surface area contributed by atoms with Gasteiger partial charge in [0.05, 0.1) is 24.0 Å². The standard InChI is InChI=1S/C16H14O12/c17-11(18)5-9(13(21)22)27-15(25)7-3-1-2-4-8(7)16(26)28-10(14(23)24)6-12(19)20/h1-4,9-10H,5-6H2,(H,17,18)(H,19,20)(H,21,22)(H,23,24). The number of carboxylic acids is 4. The van der Waals surface area contributed by atoms with Gasteiger partial charge >= 0.3 is 35.8 Å². The van der Waals surface area contributed by atoms with E-state index in [1.54, 1.807) is 0 Å². The number of carboxylic acid groups (broad SMARTS) is 4. The molecule has 0 aliphatic rings. The highest BCUT2D eigenvalue weighted by Crippen LogP contribution is 2.16. The Morgan fingerprint density at radius 1 is 0.679 bits per heavy atom. The van der Waals surface area contributed by atoms with Crippen molar-refractivity contribution in [2.45, 2.75) is 25.0 Å². The summed E-state index contributed by atoms with van der Waals surface area (Å²) >= 11 is 0. The zero-order chi connectivity index (χ0) is 21.4. The normalized spacial score (nSPS) is 12.3. The van der Waals surface area contributed by atoms with E-state index in [-0.39, 0.29) is 0 Å². The number of carbonyl (C=O) groups is 6. The third-order valence-corrected chi connectivity index (χ3v) is 3.14. The Balaban J connectivity index is 3.08. The van der Waals surface area contributed by atoms with E-state index < -0.39 is 72.0 Å². The molecule has 2 atom stereocenters. The van der Waals surface area contributed by atoms with Gasteiger partial charge in [0.25, 0.3) is 0 Å². The Morgan fingerprint density at radius 3 is 1.25 bits per heavy atom. The van der Waals surface area contributed by atoms with Gasteiger partial charge in [0.15, 0.2) is 0 Å². The first-order chi connectivity index (χ1) is 13.0. The van der Waals surface area contributed by atoms with Crippen LogP contribution in [0.25, 0.3) is 0 Å². The summed E-state index contributed by atoms with van der Waals surface area (Å²) in [6.45, 7) is 0. The Kier molecular flexibility index (Phi) is 7.62. The Bertz CT molecular complexity index is 745. The van der Waals surface area contributed by atoms with E-state index in [4.69, 9.17) is 20.4 Å². The van der Waals surface area contributed by atoms with Crippen molar-refractivity contribution in [3.8, 4) is 0 Å². The predicted molar refractivity (Wildman–Crippen MR) is 84.6 cm³/mol. The molecule has 0 fully saturated rings. The highest BCUT2D eigenvalue weighted by atomic mass is 16.6. The van der Waals surface area contributed by atoms with E-state index >= 15 is 0 Å². The molecule has 0 aromatic heterocycles. The smallest absolute Gasteiger partial charge is 0.345 e. The molecule has 1 aromatic carbocycles. The number of aliphatic carboxylic acids is 4. The highest BCUT2D eigenvalue weighted by molar-refractivity contribution is 6.04. The van der Waals surface area contributed by atoms with Crippen molar-refractivity contribution in [3.63, 3.8) is 0 Å². The van der Waals surface area contributed by atoms with Crippen LogP contribution in [0.1, 0.15) is 33.6 Å². The molecule has 0 amide bonds. The third-order valence-electron chi connectivity index (χ3n) is 3.14. The zero-order valence-electron chi connectivity index (χ0n) is 13.9. The molecule has 1 rings (SSSR count). The lowest BCUT2D eigenvalue weighted by Gasteiger charge is -2.15. The number of hydrogen-bond donors (Lipinski definition) is 4. The SMILES string of the molecule is O=C(O)CC(OC(=O)c1ccccc1C(=O)OC(CC(=O)O)C(=O)O)C(=O)O. The van der Waals surface area contributed by atoms with Gasteiger partial charge < -0.3 is 29.9 Å². The van der Waals surface area contributed by atoms with Crippen LogP contribution in [0.4, 0.5) is 0 Å². The fourth-order valence-electron chi connectivity index (χ4n) is 1.90. The monoisotopic (exact) mass is 398 g/mol. The van der Waals surface area contributed by atoms with Crippen molar-refractivity contribution in [1.29, 1.82) is 0 Å². The van der Waals surface area contributed by atoms with Crippen LogP contribution in [-0.4, -0.2) is 68.4 Å². The topological polar surface area (TPSA) is 202 Å². The van der Waals surface area contributed by atoms with Gasteiger partial charge in [-0.25, -0.2) is 19.2 Å². The second kappa shape index (κ2) is 9.66. The maximum Gasteiger partial charge on any atom is 0.345 e.